The molecule has 15 heavy (non-hydrogen) atoms. The fourth-order valence-electron chi connectivity index (χ4n) is 0.701. The third-order valence-corrected chi connectivity index (χ3v) is 0.996. The number of carbonyl (C=O) groups excluding carboxylic acids is 4. The minimum Gasteiger partial charge on any atom is -0.300 e. The zero-order valence-corrected chi connectivity index (χ0v) is 10.3. The Balaban J connectivity index is -0.000000180. The van der Waals surface area contributed by atoms with Crippen LogP contribution in [0.4, 0.5) is 0 Å². The largest absolute Gasteiger partial charge is 2.00 e. The van der Waals surface area contributed by atoms with E-state index < -0.39 is 0 Å². The average Bonchev–Trinajstić information content (AvgIpc) is 1.79. The van der Waals surface area contributed by atoms with Gasteiger partial charge in [-0.3, -0.25) is 19.2 Å². The molecule has 0 atom stereocenters. The number of hydrogen-bond acceptors (Lipinski definition) is 4. The molecule has 89 valence electrons. The van der Waals surface area contributed by atoms with Gasteiger partial charge >= 0.3 is 17.1 Å². The molecule has 0 saturated carbocycles. The van der Waals surface area contributed by atoms with Crippen molar-refractivity contribution < 1.29 is 36.2 Å². The summed E-state index contributed by atoms with van der Waals surface area (Å²) in [4.78, 5) is 40.1. The minimum absolute atomic E-state index is 0. The van der Waals surface area contributed by atoms with Crippen LogP contribution in [0.3, 0.4) is 0 Å². The van der Waals surface area contributed by atoms with Crippen LogP contribution >= 0.6 is 0 Å². The van der Waals surface area contributed by atoms with Gasteiger partial charge in [-0.25, -0.2) is 0 Å². The molecule has 0 saturated heterocycles. The first-order chi connectivity index (χ1) is 6.25. The van der Waals surface area contributed by atoms with Crippen molar-refractivity contribution in [1.82, 2.24) is 0 Å². The molecule has 4 nitrogen and oxygen atoms in total. The van der Waals surface area contributed by atoms with Crippen molar-refractivity contribution in [1.29, 1.82) is 0 Å². The zero-order chi connectivity index (χ0) is 11.7. The first-order valence-corrected chi connectivity index (χ1v) is 4.23. The summed E-state index contributed by atoms with van der Waals surface area (Å²) in [6.45, 7) is 5.62. The van der Waals surface area contributed by atoms with Crippen LogP contribution in [0.5, 0.6) is 0 Å². The van der Waals surface area contributed by atoms with Crippen molar-refractivity contribution >= 4 is 23.1 Å². The van der Waals surface area contributed by atoms with Crippen molar-refractivity contribution in [2.75, 3.05) is 0 Å². The first kappa shape index (κ1) is 19.7. The van der Waals surface area contributed by atoms with Crippen molar-refractivity contribution in [3.8, 4) is 0 Å². The molecule has 0 unspecified atom stereocenters. The first-order valence-electron chi connectivity index (χ1n) is 4.23. The van der Waals surface area contributed by atoms with E-state index in [2.05, 4.69) is 0 Å². The van der Waals surface area contributed by atoms with Gasteiger partial charge in [-0.15, -0.1) is 0 Å². The zero-order valence-electron chi connectivity index (χ0n) is 9.35. The molecule has 0 amide bonds. The Hall–Kier alpha value is -0.801. The summed E-state index contributed by atoms with van der Waals surface area (Å²) in [5.41, 5.74) is 0. The van der Waals surface area contributed by atoms with Crippen molar-refractivity contribution in [3.63, 3.8) is 0 Å². The molecule has 0 aromatic heterocycles. The van der Waals surface area contributed by atoms with Gasteiger partial charge in [0.15, 0.2) is 0 Å². The topological polar surface area (TPSA) is 68.3 Å². The van der Waals surface area contributed by atoms with Crippen LogP contribution in [0.1, 0.15) is 40.5 Å². The molecule has 0 aromatic carbocycles. The Labute approximate surface area is 100 Å². The summed E-state index contributed by atoms with van der Waals surface area (Å²) >= 11 is 0. The van der Waals surface area contributed by atoms with E-state index in [4.69, 9.17) is 0 Å². The maximum Gasteiger partial charge on any atom is 2.00 e. The molecule has 0 aliphatic heterocycles. The Bertz CT molecular complexity index is 196. The van der Waals surface area contributed by atoms with E-state index in [0.717, 1.165) is 0 Å². The molecule has 0 rings (SSSR count). The molecule has 0 aliphatic carbocycles. The molecule has 0 aromatic rings. The third kappa shape index (κ3) is 31.9. The molecule has 0 spiro atoms. The molecule has 5 heteroatoms. The van der Waals surface area contributed by atoms with Gasteiger partial charge in [0, 0.05) is 0 Å². The minimum atomic E-state index is -0.0625. The van der Waals surface area contributed by atoms with Gasteiger partial charge in [-0.1, -0.05) is 0 Å². The Morgan fingerprint density at radius 3 is 0.733 bits per heavy atom. The van der Waals surface area contributed by atoms with Gasteiger partial charge in [0.2, 0.25) is 0 Å². The van der Waals surface area contributed by atoms with Gasteiger partial charge in [0.1, 0.15) is 23.1 Å². The van der Waals surface area contributed by atoms with Crippen LogP contribution in [-0.2, 0) is 36.2 Å². The number of Topliss-reactive ketones (excluding diaryl/α,β-unsaturated/α-hetero) is 4. The molecule has 0 aliphatic rings. The van der Waals surface area contributed by atoms with E-state index in [1.165, 1.54) is 27.7 Å². The van der Waals surface area contributed by atoms with E-state index in [9.17, 15) is 19.2 Å². The molecule has 0 bridgehead atoms. The van der Waals surface area contributed by atoms with Gasteiger partial charge in [0.25, 0.3) is 0 Å². The fourth-order valence-corrected chi connectivity index (χ4v) is 0.701. The summed E-state index contributed by atoms with van der Waals surface area (Å²) in [5, 5.41) is 0. The Morgan fingerprint density at radius 1 is 0.600 bits per heavy atom. The standard InChI is InChI=1S/2C5H8O2.Cu/c2*1-4(6)3-5(2)7;/h2*3H2,1-2H3;/q;;+2. The number of hydrogen-bond donors (Lipinski definition) is 0. The van der Waals surface area contributed by atoms with Crippen LogP contribution in [0, 0.1) is 0 Å². The maximum absolute atomic E-state index is 10.0. The summed E-state index contributed by atoms with van der Waals surface area (Å²) < 4.78 is 0. The number of carbonyl (C=O) groups is 4. The fraction of sp³-hybridized carbons (Fsp3) is 0.600. The Morgan fingerprint density at radius 2 is 0.733 bits per heavy atom. The normalized spacial score (nSPS) is 7.73. The van der Waals surface area contributed by atoms with Crippen molar-refractivity contribution in [2.24, 2.45) is 0 Å². The van der Waals surface area contributed by atoms with Crippen LogP contribution < -0.4 is 0 Å². The maximum atomic E-state index is 10.0. The van der Waals surface area contributed by atoms with Crippen LogP contribution in [0.2, 0.25) is 0 Å². The molecule has 0 heterocycles. The Kier molecular flexibility index (Phi) is 14.8. The third-order valence-electron chi connectivity index (χ3n) is 0.996. The van der Waals surface area contributed by atoms with Crippen molar-refractivity contribution in [2.45, 2.75) is 40.5 Å². The van der Waals surface area contributed by atoms with Gasteiger partial charge in [0.05, 0.1) is 12.8 Å². The van der Waals surface area contributed by atoms with Gasteiger partial charge < -0.3 is 0 Å². The van der Waals surface area contributed by atoms with E-state index >= 15 is 0 Å². The van der Waals surface area contributed by atoms with Gasteiger partial charge in [-0.2, -0.15) is 0 Å². The number of rotatable bonds is 4. The monoisotopic (exact) mass is 263 g/mol. The summed E-state index contributed by atoms with van der Waals surface area (Å²) in [6.07, 6.45) is 0.167. The quantitative estimate of drug-likeness (QED) is 0.563. The summed E-state index contributed by atoms with van der Waals surface area (Å²) in [6, 6.07) is 0. The average molecular weight is 264 g/mol. The van der Waals surface area contributed by atoms with E-state index in [1.54, 1.807) is 0 Å². The summed E-state index contributed by atoms with van der Waals surface area (Å²) in [7, 11) is 0. The molecule has 0 fully saturated rings. The second-order valence-electron chi connectivity index (χ2n) is 3.16. The number of ketones is 4. The SMILES string of the molecule is CC(=O)CC(C)=O.CC(=O)CC(C)=O.[Cu+2]. The second-order valence-corrected chi connectivity index (χ2v) is 3.16. The van der Waals surface area contributed by atoms with E-state index in [0.29, 0.717) is 0 Å². The van der Waals surface area contributed by atoms with Gasteiger partial charge in [-0.05, 0) is 27.7 Å². The van der Waals surface area contributed by atoms with Crippen LogP contribution in [-0.4, -0.2) is 23.1 Å². The predicted octanol–water partition coefficient (Wildman–Crippen LogP) is 1.11. The van der Waals surface area contributed by atoms with E-state index in [1.807, 2.05) is 0 Å². The molecular weight excluding hydrogens is 248 g/mol. The molecule has 0 N–H and O–H groups in total. The van der Waals surface area contributed by atoms with Crippen LogP contribution in [0.25, 0.3) is 0 Å². The molecule has 1 radical (unpaired) electrons. The second kappa shape index (κ2) is 11.3. The van der Waals surface area contributed by atoms with Crippen molar-refractivity contribution in [3.05, 3.63) is 0 Å². The predicted molar refractivity (Wildman–Crippen MR) is 52.0 cm³/mol. The van der Waals surface area contributed by atoms with E-state index in [-0.39, 0.29) is 53.0 Å². The molecular formula is C10H16CuO4+2. The smallest absolute Gasteiger partial charge is 0.300 e. The van der Waals surface area contributed by atoms with Crippen LogP contribution in [0.15, 0.2) is 0 Å². The summed E-state index contributed by atoms with van der Waals surface area (Å²) in [5.74, 6) is -0.250.